The molecule has 1 fully saturated rings. The van der Waals surface area contributed by atoms with Crippen molar-refractivity contribution in [3.63, 3.8) is 0 Å². The number of hydrogen-bond donors (Lipinski definition) is 2. The van der Waals surface area contributed by atoms with Gasteiger partial charge >= 0.3 is 0 Å². The number of fused-ring (bicyclic) bond motifs is 1. The Balaban J connectivity index is 1.47. The second kappa shape index (κ2) is 7.50. The van der Waals surface area contributed by atoms with E-state index in [2.05, 4.69) is 10.3 Å². The second-order valence-electron chi connectivity index (χ2n) is 6.72. The molecule has 2 heterocycles. The summed E-state index contributed by atoms with van der Waals surface area (Å²) in [6.07, 6.45) is 5.42. The lowest BCUT2D eigenvalue weighted by Crippen LogP contribution is -2.27. The van der Waals surface area contributed by atoms with Crippen molar-refractivity contribution in [1.29, 1.82) is 0 Å². The number of rotatable bonds is 4. The summed E-state index contributed by atoms with van der Waals surface area (Å²) in [6.45, 7) is 1.65. The quantitative estimate of drug-likeness (QED) is 0.690. The van der Waals surface area contributed by atoms with Gasteiger partial charge in [0.2, 0.25) is 5.91 Å². The third kappa shape index (κ3) is 3.92. The smallest absolute Gasteiger partial charge is 0.270 e. The molecule has 2 amide bonds. The van der Waals surface area contributed by atoms with Crippen LogP contribution in [-0.4, -0.2) is 34.8 Å². The molecule has 1 aromatic heterocycles. The van der Waals surface area contributed by atoms with E-state index in [1.54, 1.807) is 6.08 Å². The zero-order chi connectivity index (χ0) is 18.6. The first-order chi connectivity index (χ1) is 13.2. The van der Waals surface area contributed by atoms with E-state index in [9.17, 15) is 9.59 Å². The van der Waals surface area contributed by atoms with Gasteiger partial charge in [-0.1, -0.05) is 30.3 Å². The molecule has 0 atom stereocenters. The van der Waals surface area contributed by atoms with Crippen LogP contribution >= 0.6 is 0 Å². The normalized spacial score (nSPS) is 14.1. The maximum atomic E-state index is 12.5. The average molecular weight is 359 g/mol. The summed E-state index contributed by atoms with van der Waals surface area (Å²) < 4.78 is 0. The maximum Gasteiger partial charge on any atom is 0.270 e. The largest absolute Gasteiger partial charge is 0.351 e. The van der Waals surface area contributed by atoms with Gasteiger partial charge in [-0.05, 0) is 48.7 Å². The average Bonchev–Trinajstić information content (AvgIpc) is 3.36. The molecule has 1 aliphatic heterocycles. The van der Waals surface area contributed by atoms with Crippen molar-refractivity contribution in [2.45, 2.75) is 12.8 Å². The fourth-order valence-corrected chi connectivity index (χ4v) is 3.34. The molecular formula is C22H21N3O2. The van der Waals surface area contributed by atoms with E-state index in [4.69, 9.17) is 0 Å². The first kappa shape index (κ1) is 17.1. The van der Waals surface area contributed by atoms with Gasteiger partial charge in [-0.15, -0.1) is 0 Å². The predicted octanol–water partition coefficient (Wildman–Crippen LogP) is 4.06. The number of carbonyl (C=O) groups excluding carboxylic acids is 2. The van der Waals surface area contributed by atoms with E-state index >= 15 is 0 Å². The molecule has 4 rings (SSSR count). The molecule has 0 aliphatic carbocycles. The van der Waals surface area contributed by atoms with Crippen molar-refractivity contribution in [2.24, 2.45) is 0 Å². The Bertz CT molecular complexity index is 999. The molecule has 5 nitrogen and oxygen atoms in total. The number of nitrogens with zero attached hydrogens (tertiary/aromatic N) is 1. The molecule has 2 N–H and O–H groups in total. The van der Waals surface area contributed by atoms with Crippen molar-refractivity contribution < 1.29 is 9.59 Å². The van der Waals surface area contributed by atoms with Crippen molar-refractivity contribution in [3.05, 3.63) is 71.9 Å². The molecule has 2 aromatic carbocycles. The number of likely N-dealkylation sites (tertiary alicyclic amines) is 1. The van der Waals surface area contributed by atoms with Gasteiger partial charge in [-0.3, -0.25) is 9.59 Å². The molecule has 0 unspecified atom stereocenters. The number of aromatic amines is 1. The van der Waals surface area contributed by atoms with Gasteiger partial charge in [0.1, 0.15) is 5.69 Å². The highest BCUT2D eigenvalue weighted by Crippen LogP contribution is 2.22. The zero-order valence-corrected chi connectivity index (χ0v) is 14.9. The number of benzene rings is 2. The van der Waals surface area contributed by atoms with E-state index in [1.807, 2.05) is 59.5 Å². The molecule has 5 heteroatoms. The van der Waals surface area contributed by atoms with Crippen LogP contribution in [0.3, 0.4) is 0 Å². The van der Waals surface area contributed by atoms with Crippen LogP contribution in [0.1, 0.15) is 28.9 Å². The summed E-state index contributed by atoms with van der Waals surface area (Å²) in [5.74, 6) is -0.151. The molecule has 1 saturated heterocycles. The van der Waals surface area contributed by atoms with Crippen LogP contribution in [0.2, 0.25) is 0 Å². The van der Waals surface area contributed by atoms with Gasteiger partial charge < -0.3 is 15.2 Å². The van der Waals surface area contributed by atoms with Crippen LogP contribution in [0.25, 0.3) is 17.0 Å². The Morgan fingerprint density at radius 2 is 1.78 bits per heavy atom. The van der Waals surface area contributed by atoms with E-state index in [1.165, 1.54) is 6.08 Å². The Hall–Kier alpha value is -3.34. The minimum atomic E-state index is -0.192. The summed E-state index contributed by atoms with van der Waals surface area (Å²) in [5.41, 5.74) is 3.15. The molecule has 136 valence electrons. The second-order valence-corrected chi connectivity index (χ2v) is 6.72. The van der Waals surface area contributed by atoms with Crippen LogP contribution in [0.15, 0.2) is 60.7 Å². The van der Waals surface area contributed by atoms with Gasteiger partial charge in [0.15, 0.2) is 0 Å². The summed E-state index contributed by atoms with van der Waals surface area (Å²) >= 11 is 0. The number of aromatic nitrogens is 1. The number of amides is 2. The first-order valence-corrected chi connectivity index (χ1v) is 9.15. The first-order valence-electron chi connectivity index (χ1n) is 9.15. The minimum absolute atomic E-state index is 0.0417. The van der Waals surface area contributed by atoms with Crippen LogP contribution in [0, 0.1) is 0 Å². The van der Waals surface area contributed by atoms with Gasteiger partial charge in [0, 0.05) is 35.8 Å². The molecule has 0 saturated carbocycles. The van der Waals surface area contributed by atoms with Crippen molar-refractivity contribution >= 4 is 34.5 Å². The lowest BCUT2D eigenvalue weighted by atomic mass is 10.2. The minimum Gasteiger partial charge on any atom is -0.351 e. The SMILES string of the molecule is O=C(C=Cc1ccccc1)Nc1ccc2[nH]c(C(=O)N3CCCC3)cc2c1. The third-order valence-corrected chi connectivity index (χ3v) is 4.74. The standard InChI is InChI=1S/C22H21N3O2/c26-21(11-8-16-6-2-1-3-7-16)23-18-9-10-19-17(14-18)15-20(24-19)22(27)25-12-4-5-13-25/h1-3,6-11,14-15,24H,4-5,12-13H2,(H,23,26). The lowest BCUT2D eigenvalue weighted by Gasteiger charge is -2.13. The van der Waals surface area contributed by atoms with Crippen LogP contribution in [-0.2, 0) is 4.79 Å². The summed E-state index contributed by atoms with van der Waals surface area (Å²) in [7, 11) is 0. The molecule has 1 aliphatic rings. The molecule has 0 spiro atoms. The molecule has 0 bridgehead atoms. The molecular weight excluding hydrogens is 338 g/mol. The highest BCUT2D eigenvalue weighted by Gasteiger charge is 2.20. The van der Waals surface area contributed by atoms with E-state index in [0.29, 0.717) is 11.4 Å². The maximum absolute atomic E-state index is 12.5. The summed E-state index contributed by atoms with van der Waals surface area (Å²) in [6, 6.07) is 17.1. The number of anilines is 1. The molecule has 0 radical (unpaired) electrons. The van der Waals surface area contributed by atoms with Crippen LogP contribution in [0.5, 0.6) is 0 Å². The highest BCUT2D eigenvalue weighted by molar-refractivity contribution is 6.04. The van der Waals surface area contributed by atoms with Gasteiger partial charge in [-0.25, -0.2) is 0 Å². The Morgan fingerprint density at radius 1 is 1.00 bits per heavy atom. The monoisotopic (exact) mass is 359 g/mol. The topological polar surface area (TPSA) is 65.2 Å². The van der Waals surface area contributed by atoms with Crippen LogP contribution < -0.4 is 5.32 Å². The fraction of sp³-hybridized carbons (Fsp3) is 0.182. The number of H-pyrrole nitrogens is 1. The van der Waals surface area contributed by atoms with Gasteiger partial charge in [-0.2, -0.15) is 0 Å². The van der Waals surface area contributed by atoms with E-state index in [0.717, 1.165) is 42.4 Å². The predicted molar refractivity (Wildman–Crippen MR) is 108 cm³/mol. The summed E-state index contributed by atoms with van der Waals surface area (Å²) in [4.78, 5) is 29.7. The van der Waals surface area contributed by atoms with Crippen molar-refractivity contribution in [3.8, 4) is 0 Å². The number of nitrogens with one attached hydrogen (secondary N) is 2. The van der Waals surface area contributed by atoms with Gasteiger partial charge in [0.25, 0.3) is 5.91 Å². The Labute approximate surface area is 157 Å². The van der Waals surface area contributed by atoms with E-state index < -0.39 is 0 Å². The van der Waals surface area contributed by atoms with Gasteiger partial charge in [0.05, 0.1) is 0 Å². The van der Waals surface area contributed by atoms with E-state index in [-0.39, 0.29) is 11.8 Å². The molecule has 27 heavy (non-hydrogen) atoms. The number of carbonyl (C=O) groups is 2. The molecule has 3 aromatic rings. The number of hydrogen-bond acceptors (Lipinski definition) is 2. The lowest BCUT2D eigenvalue weighted by molar-refractivity contribution is -0.111. The van der Waals surface area contributed by atoms with Crippen molar-refractivity contribution in [2.75, 3.05) is 18.4 Å². The zero-order valence-electron chi connectivity index (χ0n) is 14.9. The highest BCUT2D eigenvalue weighted by atomic mass is 16.2. The Kier molecular flexibility index (Phi) is 4.75. The van der Waals surface area contributed by atoms with Crippen LogP contribution in [0.4, 0.5) is 5.69 Å². The van der Waals surface area contributed by atoms with Crippen molar-refractivity contribution in [1.82, 2.24) is 9.88 Å². The Morgan fingerprint density at radius 3 is 2.56 bits per heavy atom. The third-order valence-electron chi connectivity index (χ3n) is 4.74. The summed E-state index contributed by atoms with van der Waals surface area (Å²) in [5, 5.41) is 3.77. The fourth-order valence-electron chi connectivity index (χ4n) is 3.34.